The van der Waals surface area contributed by atoms with Crippen LogP contribution in [-0.2, 0) is 9.59 Å². The van der Waals surface area contributed by atoms with Gasteiger partial charge in [-0.2, -0.15) is 0 Å². The molecule has 2 aromatic carbocycles. The number of benzene rings is 2. The highest BCUT2D eigenvalue weighted by Crippen LogP contribution is 2.19. The predicted molar refractivity (Wildman–Crippen MR) is 92.2 cm³/mol. The lowest BCUT2D eigenvalue weighted by molar-refractivity contribution is -0.129. The summed E-state index contributed by atoms with van der Waals surface area (Å²) >= 11 is 3.27. The monoisotopic (exact) mass is 430 g/mol. The van der Waals surface area contributed by atoms with Crippen molar-refractivity contribution in [2.45, 2.75) is 13.0 Å². The van der Waals surface area contributed by atoms with Crippen LogP contribution in [0.1, 0.15) is 6.92 Å². The molecule has 0 saturated heterocycles. The molecule has 1 atom stereocenters. The third-order valence-electron chi connectivity index (χ3n) is 3.23. The van der Waals surface area contributed by atoms with Gasteiger partial charge in [0.2, 0.25) is 5.91 Å². The number of halogens is 4. The van der Waals surface area contributed by atoms with Gasteiger partial charge in [-0.15, -0.1) is 0 Å². The Hall–Kier alpha value is -2.55. The Bertz CT molecular complexity index is 816. The SMILES string of the molecule is CC(Oc1ccc(Br)cc1)C(=O)NCC(=O)Nc1ccc(F)c(F)c1F. The number of rotatable bonds is 6. The lowest BCUT2D eigenvalue weighted by atomic mass is 10.2. The summed E-state index contributed by atoms with van der Waals surface area (Å²) in [6, 6.07) is 8.36. The number of carbonyl (C=O) groups is 2. The van der Waals surface area contributed by atoms with E-state index in [1.54, 1.807) is 24.3 Å². The fourth-order valence-electron chi connectivity index (χ4n) is 1.90. The maximum Gasteiger partial charge on any atom is 0.261 e. The predicted octanol–water partition coefficient (Wildman–Crippen LogP) is 3.39. The van der Waals surface area contributed by atoms with Crippen molar-refractivity contribution >= 4 is 33.4 Å². The first kappa shape index (κ1) is 19.8. The first-order valence-electron chi connectivity index (χ1n) is 7.41. The minimum atomic E-state index is -1.69. The number of nitrogens with one attached hydrogen (secondary N) is 2. The normalized spacial score (nSPS) is 11.6. The molecular weight excluding hydrogens is 417 g/mol. The van der Waals surface area contributed by atoms with Crippen molar-refractivity contribution in [1.82, 2.24) is 5.32 Å². The van der Waals surface area contributed by atoms with Gasteiger partial charge in [0.15, 0.2) is 23.6 Å². The van der Waals surface area contributed by atoms with Crippen LogP contribution in [-0.4, -0.2) is 24.5 Å². The zero-order valence-electron chi connectivity index (χ0n) is 13.5. The van der Waals surface area contributed by atoms with E-state index in [4.69, 9.17) is 4.74 Å². The summed E-state index contributed by atoms with van der Waals surface area (Å²) in [4.78, 5) is 23.7. The van der Waals surface area contributed by atoms with Gasteiger partial charge < -0.3 is 15.4 Å². The highest BCUT2D eigenvalue weighted by atomic mass is 79.9. The van der Waals surface area contributed by atoms with E-state index in [1.807, 2.05) is 5.32 Å². The summed E-state index contributed by atoms with van der Waals surface area (Å²) in [5.41, 5.74) is -0.526. The first-order chi connectivity index (χ1) is 12.3. The van der Waals surface area contributed by atoms with E-state index in [9.17, 15) is 22.8 Å². The summed E-state index contributed by atoms with van der Waals surface area (Å²) in [5, 5.41) is 4.35. The first-order valence-corrected chi connectivity index (χ1v) is 8.20. The van der Waals surface area contributed by atoms with Crippen molar-refractivity contribution < 1.29 is 27.5 Å². The topological polar surface area (TPSA) is 67.4 Å². The van der Waals surface area contributed by atoms with Gasteiger partial charge in [0.05, 0.1) is 12.2 Å². The van der Waals surface area contributed by atoms with E-state index < -0.39 is 47.6 Å². The summed E-state index contributed by atoms with van der Waals surface area (Å²) in [5.74, 6) is -5.50. The van der Waals surface area contributed by atoms with Crippen LogP contribution < -0.4 is 15.4 Å². The van der Waals surface area contributed by atoms with Crippen molar-refractivity contribution in [2.75, 3.05) is 11.9 Å². The molecule has 2 N–H and O–H groups in total. The Labute approximate surface area is 155 Å². The average molecular weight is 431 g/mol. The molecule has 0 aliphatic heterocycles. The van der Waals surface area contributed by atoms with Gasteiger partial charge in [-0.05, 0) is 43.3 Å². The molecule has 2 aromatic rings. The molecule has 138 valence electrons. The second-order valence-electron chi connectivity index (χ2n) is 5.20. The van der Waals surface area contributed by atoms with Gasteiger partial charge in [-0.25, -0.2) is 13.2 Å². The Morgan fingerprint density at radius 2 is 1.73 bits per heavy atom. The summed E-state index contributed by atoms with van der Waals surface area (Å²) in [7, 11) is 0. The maximum absolute atomic E-state index is 13.5. The molecule has 9 heteroatoms. The molecule has 2 amide bonds. The Morgan fingerprint density at radius 1 is 1.08 bits per heavy atom. The van der Waals surface area contributed by atoms with Gasteiger partial charge >= 0.3 is 0 Å². The van der Waals surface area contributed by atoms with Gasteiger partial charge in [0, 0.05) is 4.47 Å². The molecule has 0 aromatic heterocycles. The Balaban J connectivity index is 1.85. The molecule has 0 heterocycles. The van der Waals surface area contributed by atoms with Gasteiger partial charge in [0.25, 0.3) is 5.91 Å². The van der Waals surface area contributed by atoms with Crippen LogP contribution in [0.15, 0.2) is 40.9 Å². The van der Waals surface area contributed by atoms with Crippen LogP contribution in [0.5, 0.6) is 5.75 Å². The van der Waals surface area contributed by atoms with E-state index in [0.717, 1.165) is 10.5 Å². The van der Waals surface area contributed by atoms with Crippen molar-refractivity contribution in [2.24, 2.45) is 0 Å². The highest BCUT2D eigenvalue weighted by molar-refractivity contribution is 9.10. The number of anilines is 1. The molecule has 0 radical (unpaired) electrons. The van der Waals surface area contributed by atoms with Gasteiger partial charge in [0.1, 0.15) is 5.75 Å². The van der Waals surface area contributed by atoms with E-state index in [-0.39, 0.29) is 0 Å². The Kier molecular flexibility index (Phi) is 6.62. The Morgan fingerprint density at radius 3 is 2.38 bits per heavy atom. The van der Waals surface area contributed by atoms with Crippen molar-refractivity contribution in [1.29, 1.82) is 0 Å². The van der Waals surface area contributed by atoms with Gasteiger partial charge in [-0.3, -0.25) is 9.59 Å². The van der Waals surface area contributed by atoms with Gasteiger partial charge in [-0.1, -0.05) is 15.9 Å². The molecule has 26 heavy (non-hydrogen) atoms. The standard InChI is InChI=1S/C17H14BrF3N2O3/c1-9(26-11-4-2-10(18)3-5-11)17(25)22-8-14(24)23-13-7-6-12(19)15(20)16(13)21/h2-7,9H,8H2,1H3,(H,22,25)(H,23,24). The highest BCUT2D eigenvalue weighted by Gasteiger charge is 2.18. The second kappa shape index (κ2) is 8.70. The fraction of sp³-hybridized carbons (Fsp3) is 0.176. The molecular formula is C17H14BrF3N2O3. The number of hydrogen-bond acceptors (Lipinski definition) is 3. The van der Waals surface area contributed by atoms with E-state index in [1.165, 1.54) is 6.92 Å². The maximum atomic E-state index is 13.5. The number of amides is 2. The van der Waals surface area contributed by atoms with E-state index >= 15 is 0 Å². The molecule has 5 nitrogen and oxygen atoms in total. The van der Waals surface area contributed by atoms with E-state index in [0.29, 0.717) is 11.8 Å². The fourth-order valence-corrected chi connectivity index (χ4v) is 2.16. The minimum absolute atomic E-state index is 0.462. The largest absolute Gasteiger partial charge is 0.481 e. The third-order valence-corrected chi connectivity index (χ3v) is 3.76. The van der Waals surface area contributed by atoms with Crippen LogP contribution in [0.4, 0.5) is 18.9 Å². The lowest BCUT2D eigenvalue weighted by Gasteiger charge is -2.15. The molecule has 0 aliphatic carbocycles. The molecule has 0 bridgehead atoms. The molecule has 0 spiro atoms. The second-order valence-corrected chi connectivity index (χ2v) is 6.12. The zero-order chi connectivity index (χ0) is 19.3. The summed E-state index contributed by atoms with van der Waals surface area (Å²) in [6.45, 7) is 0.996. The van der Waals surface area contributed by atoms with Crippen LogP contribution in [0, 0.1) is 17.5 Å². The molecule has 0 saturated carbocycles. The van der Waals surface area contributed by atoms with Crippen LogP contribution in [0.25, 0.3) is 0 Å². The molecule has 0 fully saturated rings. The average Bonchev–Trinajstić information content (AvgIpc) is 2.62. The molecule has 0 aliphatic rings. The quantitative estimate of drug-likeness (QED) is 0.690. The van der Waals surface area contributed by atoms with E-state index in [2.05, 4.69) is 21.2 Å². The van der Waals surface area contributed by atoms with Crippen LogP contribution >= 0.6 is 15.9 Å². The minimum Gasteiger partial charge on any atom is -0.481 e. The third kappa shape index (κ3) is 5.22. The van der Waals surface area contributed by atoms with Crippen LogP contribution in [0.3, 0.4) is 0 Å². The van der Waals surface area contributed by atoms with Crippen molar-refractivity contribution in [3.63, 3.8) is 0 Å². The lowest BCUT2D eigenvalue weighted by Crippen LogP contribution is -2.40. The summed E-state index contributed by atoms with van der Waals surface area (Å²) < 4.78 is 45.7. The smallest absolute Gasteiger partial charge is 0.261 e. The number of hydrogen-bond donors (Lipinski definition) is 2. The molecule has 1 unspecified atom stereocenters. The summed E-state index contributed by atoms with van der Waals surface area (Å²) in [6.07, 6.45) is -0.885. The van der Waals surface area contributed by atoms with Crippen molar-refractivity contribution in [3.05, 3.63) is 58.3 Å². The zero-order valence-corrected chi connectivity index (χ0v) is 15.1. The molecule has 2 rings (SSSR count). The van der Waals surface area contributed by atoms with Crippen LogP contribution in [0.2, 0.25) is 0 Å². The number of ether oxygens (including phenoxy) is 1. The van der Waals surface area contributed by atoms with Crippen molar-refractivity contribution in [3.8, 4) is 5.75 Å². The number of carbonyl (C=O) groups excluding carboxylic acids is 2.